The summed E-state index contributed by atoms with van der Waals surface area (Å²) in [4.78, 5) is 7.41. The zero-order valence-corrected chi connectivity index (χ0v) is 9.42. The Bertz CT molecular complexity index is 459. The van der Waals surface area contributed by atoms with Gasteiger partial charge in [-0.15, -0.1) is 0 Å². The number of nitrogens with one attached hydrogen (secondary N) is 1. The van der Waals surface area contributed by atoms with Gasteiger partial charge in [-0.3, -0.25) is 4.72 Å². The Morgan fingerprint density at radius 1 is 1.53 bits per heavy atom. The van der Waals surface area contributed by atoms with E-state index in [9.17, 15) is 8.42 Å². The Labute approximate surface area is 92.9 Å². The average molecular weight is 248 g/mol. The van der Waals surface area contributed by atoms with Gasteiger partial charge in [0.05, 0.1) is 5.75 Å². The Morgan fingerprint density at radius 3 is 2.87 bits per heavy atom. The predicted octanol–water partition coefficient (Wildman–Crippen LogP) is 1.28. The number of sulfonamides is 1. The molecule has 82 valence electrons. The van der Waals surface area contributed by atoms with Crippen LogP contribution in [0.25, 0.3) is 0 Å². The fourth-order valence-electron chi connectivity index (χ4n) is 1.19. The third kappa shape index (κ3) is 3.32. The standard InChI is InChI=1S/C8H10ClN3O2S/c9-8-10-4-3-7(11-8)12-15(13,14)5-6-1-2-6/h3-4,6H,1-2,5H2,(H,10,11,12). The maximum absolute atomic E-state index is 11.5. The lowest BCUT2D eigenvalue weighted by molar-refractivity contribution is 0.597. The van der Waals surface area contributed by atoms with Crippen LogP contribution in [0.3, 0.4) is 0 Å². The van der Waals surface area contributed by atoms with Crippen molar-refractivity contribution in [1.82, 2.24) is 9.97 Å². The number of anilines is 1. The Hall–Kier alpha value is -0.880. The number of hydrogen-bond donors (Lipinski definition) is 1. The van der Waals surface area contributed by atoms with E-state index < -0.39 is 10.0 Å². The second-order valence-electron chi connectivity index (χ2n) is 3.54. The highest BCUT2D eigenvalue weighted by molar-refractivity contribution is 7.92. The highest BCUT2D eigenvalue weighted by Crippen LogP contribution is 2.30. The highest BCUT2D eigenvalue weighted by atomic mass is 35.5. The summed E-state index contributed by atoms with van der Waals surface area (Å²) in [6.07, 6.45) is 3.39. The van der Waals surface area contributed by atoms with Gasteiger partial charge in [0.2, 0.25) is 15.3 Å². The van der Waals surface area contributed by atoms with Crippen LogP contribution in [0.15, 0.2) is 12.3 Å². The van der Waals surface area contributed by atoms with Crippen LogP contribution < -0.4 is 4.72 Å². The first-order valence-electron chi connectivity index (χ1n) is 4.54. The molecule has 1 aliphatic rings. The lowest BCUT2D eigenvalue weighted by Crippen LogP contribution is -2.18. The van der Waals surface area contributed by atoms with Crippen LogP contribution in [0, 0.1) is 5.92 Å². The van der Waals surface area contributed by atoms with E-state index >= 15 is 0 Å². The lowest BCUT2D eigenvalue weighted by atomic mass is 10.5. The van der Waals surface area contributed by atoms with Crippen molar-refractivity contribution in [2.24, 2.45) is 5.92 Å². The topological polar surface area (TPSA) is 72.0 Å². The molecule has 0 amide bonds. The smallest absolute Gasteiger partial charge is 0.234 e. The molecule has 1 aliphatic carbocycles. The summed E-state index contributed by atoms with van der Waals surface area (Å²) >= 11 is 5.53. The molecule has 0 radical (unpaired) electrons. The zero-order chi connectivity index (χ0) is 10.9. The Balaban J connectivity index is 2.06. The fraction of sp³-hybridized carbons (Fsp3) is 0.500. The molecule has 1 saturated carbocycles. The van der Waals surface area contributed by atoms with Crippen molar-refractivity contribution in [3.8, 4) is 0 Å². The first-order valence-corrected chi connectivity index (χ1v) is 6.57. The fourth-order valence-corrected chi connectivity index (χ4v) is 2.80. The van der Waals surface area contributed by atoms with Gasteiger partial charge in [-0.25, -0.2) is 13.4 Å². The minimum Gasteiger partial charge on any atom is -0.267 e. The van der Waals surface area contributed by atoms with Crippen molar-refractivity contribution in [3.05, 3.63) is 17.5 Å². The van der Waals surface area contributed by atoms with Gasteiger partial charge in [-0.05, 0) is 36.4 Å². The van der Waals surface area contributed by atoms with Crippen molar-refractivity contribution in [1.29, 1.82) is 0 Å². The summed E-state index contributed by atoms with van der Waals surface area (Å²) in [5.41, 5.74) is 0. The maximum atomic E-state index is 11.5. The van der Waals surface area contributed by atoms with Crippen molar-refractivity contribution in [2.75, 3.05) is 10.5 Å². The van der Waals surface area contributed by atoms with Crippen molar-refractivity contribution in [3.63, 3.8) is 0 Å². The summed E-state index contributed by atoms with van der Waals surface area (Å²) in [7, 11) is -3.29. The van der Waals surface area contributed by atoms with Gasteiger partial charge in [-0.1, -0.05) is 0 Å². The number of hydrogen-bond acceptors (Lipinski definition) is 4. The second kappa shape index (κ2) is 3.94. The molecule has 7 heteroatoms. The first-order chi connectivity index (χ1) is 7.05. The molecule has 0 aliphatic heterocycles. The molecule has 0 bridgehead atoms. The molecule has 0 spiro atoms. The van der Waals surface area contributed by atoms with Crippen LogP contribution in [-0.4, -0.2) is 24.1 Å². The van der Waals surface area contributed by atoms with E-state index in [1.54, 1.807) is 0 Å². The van der Waals surface area contributed by atoms with E-state index in [1.165, 1.54) is 12.3 Å². The normalized spacial score (nSPS) is 16.3. The minimum atomic E-state index is -3.29. The monoisotopic (exact) mass is 247 g/mol. The SMILES string of the molecule is O=S(=O)(CC1CC1)Nc1ccnc(Cl)n1. The van der Waals surface area contributed by atoms with Gasteiger partial charge < -0.3 is 0 Å². The van der Waals surface area contributed by atoms with Crippen molar-refractivity contribution in [2.45, 2.75) is 12.8 Å². The van der Waals surface area contributed by atoms with E-state index in [4.69, 9.17) is 11.6 Å². The van der Waals surface area contributed by atoms with Gasteiger partial charge in [0, 0.05) is 6.20 Å². The second-order valence-corrected chi connectivity index (χ2v) is 5.64. The van der Waals surface area contributed by atoms with Crippen LogP contribution in [0.4, 0.5) is 5.82 Å². The van der Waals surface area contributed by atoms with E-state index in [0.717, 1.165) is 12.8 Å². The summed E-state index contributed by atoms with van der Waals surface area (Å²) in [6.45, 7) is 0. The van der Waals surface area contributed by atoms with E-state index in [0.29, 0.717) is 5.92 Å². The van der Waals surface area contributed by atoms with Gasteiger partial charge in [0.1, 0.15) is 5.82 Å². The third-order valence-corrected chi connectivity index (χ3v) is 3.65. The molecule has 0 unspecified atom stereocenters. The molecule has 1 N–H and O–H groups in total. The Kier molecular flexibility index (Phi) is 2.79. The molecule has 5 nitrogen and oxygen atoms in total. The third-order valence-electron chi connectivity index (χ3n) is 2.04. The number of nitrogens with zero attached hydrogens (tertiary/aromatic N) is 2. The van der Waals surface area contributed by atoms with Crippen LogP contribution in [0.5, 0.6) is 0 Å². The molecule has 1 heterocycles. The predicted molar refractivity (Wildman–Crippen MR) is 57.2 cm³/mol. The molecular weight excluding hydrogens is 238 g/mol. The van der Waals surface area contributed by atoms with Crippen LogP contribution >= 0.6 is 11.6 Å². The number of aromatic nitrogens is 2. The molecule has 0 saturated heterocycles. The summed E-state index contributed by atoms with van der Waals surface area (Å²) < 4.78 is 25.5. The molecule has 2 rings (SSSR count). The average Bonchev–Trinajstić information content (AvgIpc) is 2.86. The Morgan fingerprint density at radius 2 is 2.27 bits per heavy atom. The quantitative estimate of drug-likeness (QED) is 0.814. The van der Waals surface area contributed by atoms with E-state index in [1.807, 2.05) is 0 Å². The van der Waals surface area contributed by atoms with Gasteiger partial charge in [0.15, 0.2) is 0 Å². The number of rotatable bonds is 4. The summed E-state index contributed by atoms with van der Waals surface area (Å²) in [5.74, 6) is 0.685. The maximum Gasteiger partial charge on any atom is 0.234 e. The van der Waals surface area contributed by atoms with Gasteiger partial charge in [-0.2, -0.15) is 4.98 Å². The summed E-state index contributed by atoms with van der Waals surface area (Å²) in [6, 6.07) is 1.47. The molecule has 0 aromatic carbocycles. The lowest BCUT2D eigenvalue weighted by Gasteiger charge is -2.05. The van der Waals surface area contributed by atoms with Crippen LogP contribution in [0.2, 0.25) is 5.28 Å². The van der Waals surface area contributed by atoms with Gasteiger partial charge in [0.25, 0.3) is 0 Å². The molecular formula is C8H10ClN3O2S. The molecule has 0 atom stereocenters. The molecule has 1 aromatic heterocycles. The van der Waals surface area contributed by atoms with Crippen LogP contribution in [0.1, 0.15) is 12.8 Å². The van der Waals surface area contributed by atoms with Crippen molar-refractivity contribution >= 4 is 27.4 Å². The number of halogens is 1. The minimum absolute atomic E-state index is 0.0293. The van der Waals surface area contributed by atoms with Crippen molar-refractivity contribution < 1.29 is 8.42 Å². The first kappa shape index (κ1) is 10.6. The molecule has 1 aromatic rings. The van der Waals surface area contributed by atoms with E-state index in [2.05, 4.69) is 14.7 Å². The molecule has 15 heavy (non-hydrogen) atoms. The highest BCUT2D eigenvalue weighted by Gasteiger charge is 2.28. The van der Waals surface area contributed by atoms with Gasteiger partial charge >= 0.3 is 0 Å². The van der Waals surface area contributed by atoms with E-state index in [-0.39, 0.29) is 16.9 Å². The molecule has 1 fully saturated rings. The zero-order valence-electron chi connectivity index (χ0n) is 7.85. The largest absolute Gasteiger partial charge is 0.267 e. The summed E-state index contributed by atoms with van der Waals surface area (Å²) in [5, 5.41) is 0.0293. The van der Waals surface area contributed by atoms with Crippen LogP contribution in [-0.2, 0) is 10.0 Å².